The van der Waals surface area contributed by atoms with Crippen LogP contribution in [0.4, 0.5) is 0 Å². The lowest BCUT2D eigenvalue weighted by molar-refractivity contribution is -0.160. The summed E-state index contributed by atoms with van der Waals surface area (Å²) in [5.41, 5.74) is 1.48. The van der Waals surface area contributed by atoms with Gasteiger partial charge < -0.3 is 14.4 Å². The molecule has 0 spiro atoms. The maximum atomic E-state index is 12.9. The van der Waals surface area contributed by atoms with Gasteiger partial charge in [-0.25, -0.2) is 0 Å². The minimum Gasteiger partial charge on any atom is -0.497 e. The SMILES string of the molecule is COc1ccc2cc([C@H](C)C(=O)O[C@@H](C(=O)N(C)C)c3ccccc3)ccc2c1. The Balaban J connectivity index is 1.84. The summed E-state index contributed by atoms with van der Waals surface area (Å²) in [4.78, 5) is 26.9. The third-order valence-corrected chi connectivity index (χ3v) is 4.93. The third kappa shape index (κ3) is 4.57. The molecule has 0 N–H and O–H groups in total. The molecular formula is C24H25NO4. The number of carbonyl (C=O) groups is 2. The Morgan fingerprint density at radius 3 is 2.17 bits per heavy atom. The molecule has 0 bridgehead atoms. The highest BCUT2D eigenvalue weighted by molar-refractivity contribution is 5.89. The molecular weight excluding hydrogens is 366 g/mol. The van der Waals surface area contributed by atoms with Crippen molar-refractivity contribution in [1.82, 2.24) is 4.90 Å². The molecule has 0 saturated heterocycles. The average molecular weight is 391 g/mol. The molecule has 5 nitrogen and oxygen atoms in total. The molecule has 29 heavy (non-hydrogen) atoms. The van der Waals surface area contributed by atoms with E-state index in [1.165, 1.54) is 4.90 Å². The standard InChI is InChI=1S/C24H25NO4/c1-16(18-10-11-20-15-21(28-4)13-12-19(20)14-18)24(27)29-22(23(26)25(2)3)17-8-6-5-7-9-17/h5-16,22H,1-4H3/t16-,22+/m0/s1. The number of methoxy groups -OCH3 is 1. The maximum absolute atomic E-state index is 12.9. The van der Waals surface area contributed by atoms with Gasteiger partial charge in [0.25, 0.3) is 5.91 Å². The fourth-order valence-corrected chi connectivity index (χ4v) is 3.12. The van der Waals surface area contributed by atoms with E-state index in [0.717, 1.165) is 22.1 Å². The lowest BCUT2D eigenvalue weighted by atomic mass is 9.97. The molecule has 1 amide bonds. The van der Waals surface area contributed by atoms with Crippen molar-refractivity contribution in [3.63, 3.8) is 0 Å². The zero-order valence-electron chi connectivity index (χ0n) is 17.1. The highest BCUT2D eigenvalue weighted by atomic mass is 16.5. The van der Waals surface area contributed by atoms with Gasteiger partial charge in [-0.3, -0.25) is 9.59 Å². The molecule has 150 valence electrons. The quantitative estimate of drug-likeness (QED) is 0.587. The van der Waals surface area contributed by atoms with Crippen molar-refractivity contribution in [1.29, 1.82) is 0 Å². The second-order valence-corrected chi connectivity index (χ2v) is 7.15. The molecule has 0 aromatic heterocycles. The lowest BCUT2D eigenvalue weighted by Gasteiger charge is -2.23. The number of hydrogen-bond acceptors (Lipinski definition) is 4. The van der Waals surface area contributed by atoms with Crippen molar-refractivity contribution in [2.45, 2.75) is 18.9 Å². The zero-order valence-corrected chi connectivity index (χ0v) is 17.1. The van der Waals surface area contributed by atoms with Crippen molar-refractivity contribution in [3.05, 3.63) is 77.9 Å². The fraction of sp³-hybridized carbons (Fsp3) is 0.250. The summed E-state index contributed by atoms with van der Waals surface area (Å²) in [5.74, 6) is -0.447. The molecule has 3 aromatic carbocycles. The van der Waals surface area contributed by atoms with Crippen LogP contribution < -0.4 is 4.74 Å². The lowest BCUT2D eigenvalue weighted by Crippen LogP contribution is -2.32. The second-order valence-electron chi connectivity index (χ2n) is 7.15. The Labute approximate surface area is 170 Å². The van der Waals surface area contributed by atoms with E-state index >= 15 is 0 Å². The summed E-state index contributed by atoms with van der Waals surface area (Å²) in [6, 6.07) is 20.7. The van der Waals surface area contributed by atoms with Gasteiger partial charge in [0, 0.05) is 19.7 Å². The molecule has 5 heteroatoms. The highest BCUT2D eigenvalue weighted by Gasteiger charge is 2.29. The Morgan fingerprint density at radius 1 is 0.862 bits per heavy atom. The minimum absolute atomic E-state index is 0.276. The van der Waals surface area contributed by atoms with Crippen LogP contribution in [0.2, 0.25) is 0 Å². The number of likely N-dealkylation sites (N-methyl/N-ethyl adjacent to an activating group) is 1. The van der Waals surface area contributed by atoms with E-state index < -0.39 is 18.0 Å². The third-order valence-electron chi connectivity index (χ3n) is 4.93. The van der Waals surface area contributed by atoms with Crippen LogP contribution in [0.5, 0.6) is 5.75 Å². The topological polar surface area (TPSA) is 55.8 Å². The summed E-state index contributed by atoms with van der Waals surface area (Å²) < 4.78 is 10.9. The van der Waals surface area contributed by atoms with Gasteiger partial charge in [0.1, 0.15) is 5.75 Å². The molecule has 0 fully saturated rings. The number of hydrogen-bond donors (Lipinski definition) is 0. The van der Waals surface area contributed by atoms with Crippen LogP contribution in [0.3, 0.4) is 0 Å². The molecule has 3 aromatic rings. The first-order chi connectivity index (χ1) is 13.9. The van der Waals surface area contributed by atoms with E-state index in [1.54, 1.807) is 40.3 Å². The van der Waals surface area contributed by atoms with Gasteiger partial charge in [0.05, 0.1) is 13.0 Å². The van der Waals surface area contributed by atoms with Gasteiger partial charge in [-0.05, 0) is 35.4 Å². The van der Waals surface area contributed by atoms with Gasteiger partial charge >= 0.3 is 5.97 Å². The van der Waals surface area contributed by atoms with E-state index in [4.69, 9.17) is 9.47 Å². The number of benzene rings is 3. The molecule has 0 radical (unpaired) electrons. The van der Waals surface area contributed by atoms with Crippen LogP contribution in [-0.2, 0) is 14.3 Å². The second kappa shape index (κ2) is 8.78. The predicted octanol–water partition coefficient (Wildman–Crippen LogP) is 4.32. The van der Waals surface area contributed by atoms with Crippen LogP contribution in [0.1, 0.15) is 30.1 Å². The first kappa shape index (κ1) is 20.4. The fourth-order valence-electron chi connectivity index (χ4n) is 3.12. The number of nitrogens with zero attached hydrogens (tertiary/aromatic N) is 1. The van der Waals surface area contributed by atoms with Gasteiger partial charge in [-0.15, -0.1) is 0 Å². The smallest absolute Gasteiger partial charge is 0.314 e. The van der Waals surface area contributed by atoms with Gasteiger partial charge in [-0.1, -0.05) is 54.6 Å². The predicted molar refractivity (Wildman–Crippen MR) is 113 cm³/mol. The number of esters is 1. The van der Waals surface area contributed by atoms with Crippen LogP contribution in [-0.4, -0.2) is 38.0 Å². The summed E-state index contributed by atoms with van der Waals surface area (Å²) >= 11 is 0. The molecule has 0 unspecified atom stereocenters. The van der Waals surface area contributed by atoms with Crippen LogP contribution in [0.15, 0.2) is 66.7 Å². The van der Waals surface area contributed by atoms with Crippen molar-refractivity contribution < 1.29 is 19.1 Å². The normalized spacial score (nSPS) is 12.8. The number of carbonyl (C=O) groups excluding carboxylic acids is 2. The summed E-state index contributed by atoms with van der Waals surface area (Å²) in [6.07, 6.45) is -0.967. The highest BCUT2D eigenvalue weighted by Crippen LogP contribution is 2.28. The summed E-state index contributed by atoms with van der Waals surface area (Å²) in [7, 11) is 4.92. The van der Waals surface area contributed by atoms with Gasteiger partial charge in [-0.2, -0.15) is 0 Å². The Morgan fingerprint density at radius 2 is 1.52 bits per heavy atom. The number of ether oxygens (including phenoxy) is 2. The Bertz CT molecular complexity index is 1010. The molecule has 0 aliphatic rings. The summed E-state index contributed by atoms with van der Waals surface area (Å²) in [5, 5.41) is 2.03. The largest absolute Gasteiger partial charge is 0.497 e. The van der Waals surface area contributed by atoms with E-state index in [9.17, 15) is 9.59 Å². The van der Waals surface area contributed by atoms with E-state index in [0.29, 0.717) is 5.56 Å². The molecule has 0 aliphatic carbocycles. The zero-order chi connectivity index (χ0) is 21.0. The molecule has 3 rings (SSSR count). The molecule has 0 aliphatic heterocycles. The number of fused-ring (bicyclic) bond motifs is 1. The van der Waals surface area contributed by atoms with Crippen molar-refractivity contribution >= 4 is 22.6 Å². The van der Waals surface area contributed by atoms with E-state index in [1.807, 2.05) is 54.6 Å². The minimum atomic E-state index is -0.967. The van der Waals surface area contributed by atoms with Crippen LogP contribution in [0, 0.1) is 0 Å². The van der Waals surface area contributed by atoms with E-state index in [2.05, 4.69) is 0 Å². The van der Waals surface area contributed by atoms with Gasteiger partial charge in [0.2, 0.25) is 6.10 Å². The van der Waals surface area contributed by atoms with Crippen LogP contribution >= 0.6 is 0 Å². The molecule has 0 saturated carbocycles. The first-order valence-corrected chi connectivity index (χ1v) is 9.45. The van der Waals surface area contributed by atoms with E-state index in [-0.39, 0.29) is 5.91 Å². The number of rotatable bonds is 6. The maximum Gasteiger partial charge on any atom is 0.314 e. The van der Waals surface area contributed by atoms with Crippen molar-refractivity contribution in [2.75, 3.05) is 21.2 Å². The summed E-state index contributed by atoms with van der Waals surface area (Å²) in [6.45, 7) is 1.79. The molecule has 0 heterocycles. The monoisotopic (exact) mass is 391 g/mol. The van der Waals surface area contributed by atoms with Crippen LogP contribution in [0.25, 0.3) is 10.8 Å². The molecule has 2 atom stereocenters. The number of amides is 1. The van der Waals surface area contributed by atoms with Gasteiger partial charge in [0.15, 0.2) is 0 Å². The first-order valence-electron chi connectivity index (χ1n) is 9.45. The Hall–Kier alpha value is -3.34. The van der Waals surface area contributed by atoms with Crippen molar-refractivity contribution in [3.8, 4) is 5.75 Å². The van der Waals surface area contributed by atoms with Crippen molar-refractivity contribution in [2.24, 2.45) is 0 Å². The average Bonchev–Trinajstić information content (AvgIpc) is 2.76. The Kier molecular flexibility index (Phi) is 6.17.